The number of anilines is 2. The topological polar surface area (TPSA) is 153 Å². The largest absolute Gasteiger partial charge is 0.481 e. The zero-order chi connectivity index (χ0) is 29.1. The van der Waals surface area contributed by atoms with Gasteiger partial charge in [-0.1, -0.05) is 12.1 Å². The highest BCUT2D eigenvalue weighted by Gasteiger charge is 2.30. The van der Waals surface area contributed by atoms with E-state index in [-0.39, 0.29) is 6.04 Å². The summed E-state index contributed by atoms with van der Waals surface area (Å²) in [5, 5.41) is 13.3. The molecular formula is C30H40N8O3. The van der Waals surface area contributed by atoms with Crippen LogP contribution in [0.4, 0.5) is 11.5 Å². The Morgan fingerprint density at radius 1 is 1.02 bits per heavy atom. The lowest BCUT2D eigenvalue weighted by Crippen LogP contribution is -2.47. The minimum atomic E-state index is -0.833. The second kappa shape index (κ2) is 12.3. The maximum Gasteiger partial charge on any atom is 0.300 e. The van der Waals surface area contributed by atoms with Gasteiger partial charge >= 0.3 is 0 Å². The van der Waals surface area contributed by atoms with Crippen molar-refractivity contribution in [2.45, 2.75) is 58.0 Å². The molecule has 11 heteroatoms. The summed E-state index contributed by atoms with van der Waals surface area (Å²) < 4.78 is 7.82. The number of carboxylic acids is 1. The van der Waals surface area contributed by atoms with Gasteiger partial charge < -0.3 is 30.8 Å². The van der Waals surface area contributed by atoms with Crippen molar-refractivity contribution >= 4 is 28.5 Å². The van der Waals surface area contributed by atoms with Crippen LogP contribution >= 0.6 is 0 Å². The van der Waals surface area contributed by atoms with Crippen LogP contribution in [0.25, 0.3) is 22.3 Å². The molecule has 3 aromatic heterocycles. The summed E-state index contributed by atoms with van der Waals surface area (Å²) in [6, 6.07) is 11.1. The van der Waals surface area contributed by atoms with Crippen LogP contribution in [0.3, 0.4) is 0 Å². The minimum absolute atomic E-state index is 0.274. The molecule has 41 heavy (non-hydrogen) atoms. The number of furan rings is 1. The average molecular weight is 561 g/mol. The van der Waals surface area contributed by atoms with Crippen LogP contribution in [0.5, 0.6) is 0 Å². The molecular weight excluding hydrogens is 520 g/mol. The molecule has 0 amide bonds. The minimum Gasteiger partial charge on any atom is -0.481 e. The molecule has 0 bridgehead atoms. The van der Waals surface area contributed by atoms with Crippen molar-refractivity contribution in [1.29, 1.82) is 0 Å². The van der Waals surface area contributed by atoms with E-state index in [4.69, 9.17) is 30.9 Å². The number of likely N-dealkylation sites (tertiary alicyclic amines) is 2. The maximum atomic E-state index is 9.00. The molecule has 0 aliphatic carbocycles. The van der Waals surface area contributed by atoms with E-state index in [0.717, 1.165) is 72.2 Å². The highest BCUT2D eigenvalue weighted by atomic mass is 16.4. The summed E-state index contributed by atoms with van der Waals surface area (Å²) >= 11 is 0. The van der Waals surface area contributed by atoms with Crippen molar-refractivity contribution < 1.29 is 14.3 Å². The van der Waals surface area contributed by atoms with E-state index >= 15 is 0 Å². The Morgan fingerprint density at radius 3 is 2.34 bits per heavy atom. The summed E-state index contributed by atoms with van der Waals surface area (Å²) in [5.74, 6) is 1.43. The number of nitrogens with zero attached hydrogens (tertiary/aromatic N) is 6. The lowest BCUT2D eigenvalue weighted by molar-refractivity contribution is -0.134. The maximum absolute atomic E-state index is 9.00. The highest BCUT2D eigenvalue weighted by molar-refractivity contribution is 6.00. The number of nitrogen functional groups attached to an aromatic ring is 2. The number of carbonyl (C=O) groups is 1. The molecule has 5 heterocycles. The third kappa shape index (κ3) is 6.52. The molecule has 0 atom stereocenters. The monoisotopic (exact) mass is 560 g/mol. The van der Waals surface area contributed by atoms with Crippen molar-refractivity contribution in [2.75, 3.05) is 44.7 Å². The molecule has 218 valence electrons. The van der Waals surface area contributed by atoms with E-state index in [9.17, 15) is 0 Å². The SMILES string of the molecule is CC(=O)O.Cc1ccc(Cc2ccc(-c3nn(C4CCN(C5CCN(C)CC5)CC4)c4ncnc(N)c34)c(N)c2)o1. The lowest BCUT2D eigenvalue weighted by atomic mass is 9.98. The van der Waals surface area contributed by atoms with Gasteiger partial charge in [-0.3, -0.25) is 4.79 Å². The molecule has 4 aromatic rings. The molecule has 2 fully saturated rings. The van der Waals surface area contributed by atoms with Gasteiger partial charge in [0.05, 0.1) is 11.4 Å². The van der Waals surface area contributed by atoms with E-state index in [1.165, 1.54) is 32.3 Å². The first-order valence-electron chi connectivity index (χ1n) is 14.2. The van der Waals surface area contributed by atoms with Crippen LogP contribution < -0.4 is 11.5 Å². The number of benzene rings is 1. The van der Waals surface area contributed by atoms with Gasteiger partial charge in [0, 0.05) is 43.7 Å². The zero-order valence-electron chi connectivity index (χ0n) is 24.1. The van der Waals surface area contributed by atoms with Gasteiger partial charge in [0.1, 0.15) is 29.4 Å². The van der Waals surface area contributed by atoms with Gasteiger partial charge in [-0.2, -0.15) is 5.10 Å². The first kappa shape index (κ1) is 28.6. The van der Waals surface area contributed by atoms with Crippen LogP contribution in [0.15, 0.2) is 41.1 Å². The number of aryl methyl sites for hydroxylation is 1. The third-order valence-corrected chi connectivity index (χ3v) is 8.11. The van der Waals surface area contributed by atoms with E-state index in [1.807, 2.05) is 31.2 Å². The number of hydrogen-bond acceptors (Lipinski definition) is 9. The Kier molecular flexibility index (Phi) is 8.55. The number of carboxylic acid groups (broad SMARTS) is 1. The van der Waals surface area contributed by atoms with Gasteiger partial charge in [0.25, 0.3) is 5.97 Å². The smallest absolute Gasteiger partial charge is 0.300 e. The van der Waals surface area contributed by atoms with Gasteiger partial charge in [0.2, 0.25) is 0 Å². The predicted molar refractivity (Wildman–Crippen MR) is 160 cm³/mol. The average Bonchev–Trinajstić information content (AvgIpc) is 3.53. The Morgan fingerprint density at radius 2 is 1.71 bits per heavy atom. The zero-order valence-corrected chi connectivity index (χ0v) is 24.1. The van der Waals surface area contributed by atoms with Crippen molar-refractivity contribution in [3.63, 3.8) is 0 Å². The Hall–Kier alpha value is -3.96. The number of fused-ring (bicyclic) bond motifs is 1. The van der Waals surface area contributed by atoms with Crippen LogP contribution in [-0.2, 0) is 11.2 Å². The normalized spacial score (nSPS) is 17.4. The van der Waals surface area contributed by atoms with Crippen molar-refractivity contribution in [1.82, 2.24) is 29.5 Å². The van der Waals surface area contributed by atoms with Crippen molar-refractivity contribution in [2.24, 2.45) is 0 Å². The second-order valence-corrected chi connectivity index (χ2v) is 11.2. The number of aliphatic carboxylic acids is 1. The van der Waals surface area contributed by atoms with Crippen LogP contribution in [-0.4, -0.2) is 79.9 Å². The molecule has 1 aromatic carbocycles. The number of hydrogen-bond donors (Lipinski definition) is 3. The third-order valence-electron chi connectivity index (χ3n) is 8.11. The predicted octanol–water partition coefficient (Wildman–Crippen LogP) is 3.97. The van der Waals surface area contributed by atoms with E-state index in [2.05, 4.69) is 37.6 Å². The molecule has 0 saturated carbocycles. The van der Waals surface area contributed by atoms with Crippen molar-refractivity contribution in [3.8, 4) is 11.3 Å². The molecule has 2 saturated heterocycles. The van der Waals surface area contributed by atoms with E-state index in [1.54, 1.807) is 0 Å². The lowest BCUT2D eigenvalue weighted by Gasteiger charge is -2.41. The standard InChI is InChI=1S/C28H36N8O.C2H4O2/c1-18-3-5-22(37-18)15-19-4-6-23(24(29)16-19)26-25-27(30)31-17-32-28(25)36(33-26)21-9-13-35(14-10-21)20-7-11-34(2)12-8-20;1-2(3)4/h3-6,16-17,20-21H,7-15,29H2,1-2H3,(H2,30,31,32);1H3,(H,3,4). The summed E-state index contributed by atoms with van der Waals surface area (Å²) in [6.07, 6.45) is 6.83. The number of aromatic nitrogens is 4. The van der Waals surface area contributed by atoms with Crippen LogP contribution in [0.2, 0.25) is 0 Å². The molecule has 0 radical (unpaired) electrons. The fraction of sp³-hybridized carbons (Fsp3) is 0.467. The highest BCUT2D eigenvalue weighted by Crippen LogP contribution is 2.37. The molecule has 0 unspecified atom stereocenters. The summed E-state index contributed by atoms with van der Waals surface area (Å²) in [7, 11) is 2.22. The second-order valence-electron chi connectivity index (χ2n) is 11.2. The van der Waals surface area contributed by atoms with Crippen LogP contribution in [0.1, 0.15) is 55.7 Å². The Bertz CT molecular complexity index is 1490. The van der Waals surface area contributed by atoms with Gasteiger partial charge in [-0.05, 0) is 76.5 Å². The molecule has 2 aliphatic rings. The fourth-order valence-corrected chi connectivity index (χ4v) is 6.01. The Balaban J connectivity index is 0.000000794. The first-order chi connectivity index (χ1) is 19.7. The molecule has 5 N–H and O–H groups in total. The van der Waals surface area contributed by atoms with Gasteiger partial charge in [-0.25, -0.2) is 14.6 Å². The van der Waals surface area contributed by atoms with Gasteiger partial charge in [-0.15, -0.1) is 0 Å². The van der Waals surface area contributed by atoms with Gasteiger partial charge in [0.15, 0.2) is 5.65 Å². The van der Waals surface area contributed by atoms with E-state index < -0.39 is 5.97 Å². The quantitative estimate of drug-likeness (QED) is 0.306. The number of nitrogens with two attached hydrogens (primary N) is 2. The number of rotatable bonds is 5. The van der Waals surface area contributed by atoms with Crippen molar-refractivity contribution in [3.05, 3.63) is 53.7 Å². The summed E-state index contributed by atoms with van der Waals surface area (Å²) in [5.41, 5.74) is 17.1. The molecule has 2 aliphatic heterocycles. The van der Waals surface area contributed by atoms with Crippen LogP contribution in [0, 0.1) is 6.92 Å². The number of piperidine rings is 2. The Labute approximate surface area is 240 Å². The molecule has 6 rings (SSSR count). The molecule has 0 spiro atoms. The first-order valence-corrected chi connectivity index (χ1v) is 14.2. The molecule has 11 nitrogen and oxygen atoms in total. The summed E-state index contributed by atoms with van der Waals surface area (Å²) in [6.45, 7) is 7.58. The summed E-state index contributed by atoms with van der Waals surface area (Å²) in [4.78, 5) is 23.0. The fourth-order valence-electron chi connectivity index (χ4n) is 6.01. The van der Waals surface area contributed by atoms with E-state index in [0.29, 0.717) is 24.0 Å².